The van der Waals surface area contributed by atoms with Gasteiger partial charge in [-0.05, 0) is 26.0 Å². The Bertz CT molecular complexity index is 604. The highest BCUT2D eigenvalue weighted by Crippen LogP contribution is 2.17. The van der Waals surface area contributed by atoms with Crippen LogP contribution in [0.3, 0.4) is 0 Å². The number of aryl methyl sites for hydroxylation is 1. The number of benzene rings is 1. The van der Waals surface area contributed by atoms with E-state index in [9.17, 15) is 0 Å². The summed E-state index contributed by atoms with van der Waals surface area (Å²) >= 11 is 0. The highest BCUT2D eigenvalue weighted by molar-refractivity contribution is 14.0. The molecule has 1 aromatic carbocycles. The first-order valence-corrected chi connectivity index (χ1v) is 6.66. The molecule has 0 amide bonds. The van der Waals surface area contributed by atoms with Crippen molar-refractivity contribution in [1.82, 2.24) is 20.4 Å². The lowest BCUT2D eigenvalue weighted by atomic mass is 10.2. The second-order valence-corrected chi connectivity index (χ2v) is 4.57. The third kappa shape index (κ3) is 3.96. The Hall–Kier alpha value is -1.57. The zero-order chi connectivity index (χ0) is 14.5. The fourth-order valence-corrected chi connectivity index (χ4v) is 2.20. The Morgan fingerprint density at radius 3 is 2.48 bits per heavy atom. The lowest BCUT2D eigenvalue weighted by Gasteiger charge is -2.09. The SMILES string of the molecule is CN=C(NC)NCc1c(C)nn(-c2ccccc2)c1C.I. The fourth-order valence-electron chi connectivity index (χ4n) is 2.20. The molecule has 21 heavy (non-hydrogen) atoms. The van der Waals surface area contributed by atoms with E-state index in [0.717, 1.165) is 23.0 Å². The van der Waals surface area contributed by atoms with E-state index < -0.39 is 0 Å². The average Bonchev–Trinajstić information content (AvgIpc) is 2.77. The van der Waals surface area contributed by atoms with Crippen LogP contribution < -0.4 is 10.6 Å². The number of hydrogen-bond donors (Lipinski definition) is 2. The van der Waals surface area contributed by atoms with Crippen molar-refractivity contribution >= 4 is 29.9 Å². The Kier molecular flexibility index (Phi) is 6.67. The summed E-state index contributed by atoms with van der Waals surface area (Å²) in [6.45, 7) is 4.83. The number of nitrogens with one attached hydrogen (secondary N) is 2. The van der Waals surface area contributed by atoms with Gasteiger partial charge in [0.15, 0.2) is 5.96 Å². The van der Waals surface area contributed by atoms with Gasteiger partial charge in [-0.3, -0.25) is 4.99 Å². The molecule has 0 unspecified atom stereocenters. The molecule has 0 radical (unpaired) electrons. The van der Waals surface area contributed by atoms with Gasteiger partial charge in [-0.1, -0.05) is 18.2 Å². The van der Waals surface area contributed by atoms with Crippen LogP contribution in [0.4, 0.5) is 0 Å². The van der Waals surface area contributed by atoms with E-state index in [1.54, 1.807) is 7.05 Å². The van der Waals surface area contributed by atoms with Crippen LogP contribution in [0.15, 0.2) is 35.3 Å². The molecule has 0 spiro atoms. The third-order valence-electron chi connectivity index (χ3n) is 3.33. The summed E-state index contributed by atoms with van der Waals surface area (Å²) in [6.07, 6.45) is 0. The maximum absolute atomic E-state index is 4.63. The minimum Gasteiger partial charge on any atom is -0.359 e. The molecule has 2 N–H and O–H groups in total. The van der Waals surface area contributed by atoms with Crippen molar-refractivity contribution in [2.45, 2.75) is 20.4 Å². The highest BCUT2D eigenvalue weighted by Gasteiger charge is 2.12. The second kappa shape index (κ2) is 8.02. The van der Waals surface area contributed by atoms with Gasteiger partial charge in [-0.2, -0.15) is 5.10 Å². The number of rotatable bonds is 3. The molecule has 0 atom stereocenters. The maximum Gasteiger partial charge on any atom is 0.190 e. The zero-order valence-electron chi connectivity index (χ0n) is 12.8. The molecule has 0 aliphatic carbocycles. The van der Waals surface area contributed by atoms with E-state index in [0.29, 0.717) is 6.54 Å². The molecule has 0 aliphatic rings. The largest absolute Gasteiger partial charge is 0.359 e. The second-order valence-electron chi connectivity index (χ2n) is 4.57. The summed E-state index contributed by atoms with van der Waals surface area (Å²) in [7, 11) is 3.61. The molecular weight excluding hydrogens is 377 g/mol. The predicted molar refractivity (Wildman–Crippen MR) is 97.7 cm³/mol. The van der Waals surface area contributed by atoms with Crippen molar-refractivity contribution in [1.29, 1.82) is 0 Å². The lowest BCUT2D eigenvalue weighted by Crippen LogP contribution is -2.34. The van der Waals surface area contributed by atoms with E-state index >= 15 is 0 Å². The van der Waals surface area contributed by atoms with Gasteiger partial charge < -0.3 is 10.6 Å². The summed E-state index contributed by atoms with van der Waals surface area (Å²) in [5, 5.41) is 10.9. The van der Waals surface area contributed by atoms with Gasteiger partial charge in [-0.15, -0.1) is 24.0 Å². The first kappa shape index (κ1) is 17.5. The molecular formula is C15H22IN5. The fraction of sp³-hybridized carbons (Fsp3) is 0.333. The molecule has 6 heteroatoms. The third-order valence-corrected chi connectivity index (χ3v) is 3.33. The Morgan fingerprint density at radius 2 is 1.90 bits per heavy atom. The minimum atomic E-state index is 0. The van der Waals surface area contributed by atoms with E-state index in [-0.39, 0.29) is 24.0 Å². The molecule has 0 saturated heterocycles. The Labute approximate surface area is 142 Å². The predicted octanol–water partition coefficient (Wildman–Crippen LogP) is 2.40. The van der Waals surface area contributed by atoms with Gasteiger partial charge in [0.2, 0.25) is 0 Å². The van der Waals surface area contributed by atoms with E-state index in [2.05, 4.69) is 39.8 Å². The molecule has 0 fully saturated rings. The Balaban J connectivity index is 0.00000220. The molecule has 2 rings (SSSR count). The summed E-state index contributed by atoms with van der Waals surface area (Å²) in [5.74, 6) is 0.774. The van der Waals surface area contributed by atoms with Crippen LogP contribution in [-0.4, -0.2) is 29.8 Å². The summed E-state index contributed by atoms with van der Waals surface area (Å²) < 4.78 is 1.98. The minimum absolute atomic E-state index is 0. The summed E-state index contributed by atoms with van der Waals surface area (Å²) in [5.41, 5.74) is 4.46. The van der Waals surface area contributed by atoms with Crippen molar-refractivity contribution in [3.8, 4) is 5.69 Å². The number of guanidine groups is 1. The number of hydrogen-bond acceptors (Lipinski definition) is 2. The van der Waals surface area contributed by atoms with Crippen LogP contribution in [0.25, 0.3) is 5.69 Å². The molecule has 5 nitrogen and oxygen atoms in total. The molecule has 0 saturated carbocycles. The quantitative estimate of drug-likeness (QED) is 0.474. The van der Waals surface area contributed by atoms with E-state index in [1.165, 1.54) is 5.56 Å². The standard InChI is InChI=1S/C15H21N5.HI/c1-11-14(10-18-15(16-3)17-4)12(2)20(19-11)13-8-6-5-7-9-13;/h5-9H,10H2,1-4H3,(H2,16,17,18);1H. The number of para-hydroxylation sites is 1. The van der Waals surface area contributed by atoms with Crippen LogP contribution in [0.2, 0.25) is 0 Å². The van der Waals surface area contributed by atoms with E-state index in [1.807, 2.05) is 36.9 Å². The summed E-state index contributed by atoms with van der Waals surface area (Å²) in [4.78, 5) is 4.11. The molecule has 1 aromatic heterocycles. The topological polar surface area (TPSA) is 54.2 Å². The van der Waals surface area contributed by atoms with E-state index in [4.69, 9.17) is 0 Å². The van der Waals surface area contributed by atoms with Gasteiger partial charge in [0.05, 0.1) is 11.4 Å². The van der Waals surface area contributed by atoms with Gasteiger partial charge >= 0.3 is 0 Å². The van der Waals surface area contributed by atoms with Crippen LogP contribution in [0.5, 0.6) is 0 Å². The van der Waals surface area contributed by atoms with Crippen molar-refractivity contribution < 1.29 is 0 Å². The average molecular weight is 399 g/mol. The summed E-state index contributed by atoms with van der Waals surface area (Å²) in [6, 6.07) is 10.2. The van der Waals surface area contributed by atoms with Gasteiger partial charge in [-0.25, -0.2) is 4.68 Å². The molecule has 114 valence electrons. The molecule has 0 bridgehead atoms. The van der Waals surface area contributed by atoms with Crippen LogP contribution in [0.1, 0.15) is 17.0 Å². The van der Waals surface area contributed by atoms with Gasteiger partial charge in [0.1, 0.15) is 0 Å². The zero-order valence-corrected chi connectivity index (χ0v) is 15.2. The van der Waals surface area contributed by atoms with Gasteiger partial charge in [0.25, 0.3) is 0 Å². The number of nitrogens with zero attached hydrogens (tertiary/aromatic N) is 3. The highest BCUT2D eigenvalue weighted by atomic mass is 127. The van der Waals surface area contributed by atoms with Crippen molar-refractivity contribution in [2.75, 3.05) is 14.1 Å². The molecule has 0 aliphatic heterocycles. The van der Waals surface area contributed by atoms with Crippen molar-refractivity contribution in [3.05, 3.63) is 47.3 Å². The van der Waals surface area contributed by atoms with Crippen LogP contribution >= 0.6 is 24.0 Å². The van der Waals surface area contributed by atoms with Crippen LogP contribution in [0, 0.1) is 13.8 Å². The maximum atomic E-state index is 4.63. The number of aromatic nitrogens is 2. The smallest absolute Gasteiger partial charge is 0.190 e. The van der Waals surface area contributed by atoms with Crippen LogP contribution in [-0.2, 0) is 6.54 Å². The normalized spacial score (nSPS) is 11.0. The lowest BCUT2D eigenvalue weighted by molar-refractivity contribution is 0.827. The number of halogens is 1. The number of aliphatic imine (C=N–C) groups is 1. The molecule has 2 aromatic rings. The van der Waals surface area contributed by atoms with Gasteiger partial charge in [0, 0.05) is 31.9 Å². The van der Waals surface area contributed by atoms with Crippen molar-refractivity contribution in [3.63, 3.8) is 0 Å². The molecule has 1 heterocycles. The monoisotopic (exact) mass is 399 g/mol. The first-order chi connectivity index (χ1) is 9.67. The van der Waals surface area contributed by atoms with Crippen molar-refractivity contribution in [2.24, 2.45) is 4.99 Å². The first-order valence-electron chi connectivity index (χ1n) is 6.66. The Morgan fingerprint density at radius 1 is 1.24 bits per heavy atom.